The van der Waals surface area contributed by atoms with Crippen LogP contribution in [0.5, 0.6) is 0 Å². The van der Waals surface area contributed by atoms with Crippen molar-refractivity contribution in [2.24, 2.45) is 5.92 Å². The zero-order valence-corrected chi connectivity index (χ0v) is 10.6. The molecular weight excluding hydrogens is 226 g/mol. The highest BCUT2D eigenvalue weighted by atomic mass is 19.3. The lowest BCUT2D eigenvalue weighted by Crippen LogP contribution is -2.38. The van der Waals surface area contributed by atoms with Crippen molar-refractivity contribution < 1.29 is 13.6 Å². The average molecular weight is 248 g/mol. The van der Waals surface area contributed by atoms with Crippen molar-refractivity contribution in [3.05, 3.63) is 0 Å². The van der Waals surface area contributed by atoms with Crippen LogP contribution in [0, 0.1) is 5.92 Å². The van der Waals surface area contributed by atoms with Gasteiger partial charge in [0.1, 0.15) is 0 Å². The number of amides is 1. The molecule has 100 valence electrons. The second-order valence-electron chi connectivity index (χ2n) is 4.85. The fraction of sp³-hybridized carbons (Fsp3) is 0.917. The summed E-state index contributed by atoms with van der Waals surface area (Å²) in [5.41, 5.74) is 0. The Bertz CT molecular complexity index is 249. The van der Waals surface area contributed by atoms with Crippen LogP contribution < -0.4 is 5.32 Å². The third-order valence-corrected chi connectivity index (χ3v) is 3.36. The minimum atomic E-state index is -2.55. The van der Waals surface area contributed by atoms with E-state index in [1.54, 1.807) is 11.9 Å². The fourth-order valence-electron chi connectivity index (χ4n) is 2.20. The lowest BCUT2D eigenvalue weighted by Gasteiger charge is -2.30. The van der Waals surface area contributed by atoms with Gasteiger partial charge >= 0.3 is 0 Å². The third-order valence-electron chi connectivity index (χ3n) is 3.36. The van der Waals surface area contributed by atoms with Crippen LogP contribution in [0.15, 0.2) is 0 Å². The number of nitrogens with one attached hydrogen (secondary N) is 1. The van der Waals surface area contributed by atoms with Crippen LogP contribution in [0.25, 0.3) is 0 Å². The van der Waals surface area contributed by atoms with Crippen LogP contribution in [0.4, 0.5) is 8.78 Å². The van der Waals surface area contributed by atoms with E-state index in [4.69, 9.17) is 0 Å². The molecule has 1 saturated carbocycles. The van der Waals surface area contributed by atoms with E-state index in [0.717, 1.165) is 13.0 Å². The summed E-state index contributed by atoms with van der Waals surface area (Å²) in [5.74, 6) is -2.73. The van der Waals surface area contributed by atoms with Gasteiger partial charge in [-0.15, -0.1) is 0 Å². The molecule has 0 unspecified atom stereocenters. The Morgan fingerprint density at radius 2 is 2.00 bits per heavy atom. The summed E-state index contributed by atoms with van der Waals surface area (Å²) < 4.78 is 25.9. The van der Waals surface area contributed by atoms with Gasteiger partial charge in [-0.1, -0.05) is 0 Å². The second kappa shape index (κ2) is 6.28. The Balaban J connectivity index is 2.32. The number of carbonyl (C=O) groups excluding carboxylic acids is 1. The molecule has 0 saturated heterocycles. The standard InChI is InChI=1S/C12H22F2N2O/c1-15-8-3-9-16(2)11(17)10-4-6-12(13,14)7-5-10/h10,15H,3-9H2,1-2H3. The van der Waals surface area contributed by atoms with Crippen molar-refractivity contribution in [1.82, 2.24) is 10.2 Å². The fourth-order valence-corrected chi connectivity index (χ4v) is 2.20. The van der Waals surface area contributed by atoms with Crippen molar-refractivity contribution in [1.29, 1.82) is 0 Å². The maximum Gasteiger partial charge on any atom is 0.248 e. The molecule has 3 nitrogen and oxygen atoms in total. The van der Waals surface area contributed by atoms with E-state index in [2.05, 4.69) is 5.32 Å². The highest BCUT2D eigenvalue weighted by Gasteiger charge is 2.37. The molecule has 1 aliphatic carbocycles. The first-order chi connectivity index (χ1) is 7.96. The molecule has 1 N–H and O–H groups in total. The summed E-state index contributed by atoms with van der Waals surface area (Å²) in [6.45, 7) is 1.55. The number of hydrogen-bond donors (Lipinski definition) is 1. The van der Waals surface area contributed by atoms with Crippen LogP contribution in [-0.2, 0) is 4.79 Å². The molecule has 0 aromatic rings. The zero-order valence-electron chi connectivity index (χ0n) is 10.6. The largest absolute Gasteiger partial charge is 0.345 e. The molecule has 0 atom stereocenters. The first-order valence-corrected chi connectivity index (χ1v) is 6.23. The van der Waals surface area contributed by atoms with Gasteiger partial charge in [0.15, 0.2) is 0 Å². The number of hydrogen-bond acceptors (Lipinski definition) is 2. The quantitative estimate of drug-likeness (QED) is 0.753. The number of rotatable bonds is 5. The normalized spacial score (nSPS) is 20.2. The highest BCUT2D eigenvalue weighted by molar-refractivity contribution is 5.78. The van der Waals surface area contributed by atoms with Crippen molar-refractivity contribution >= 4 is 5.91 Å². The van der Waals surface area contributed by atoms with Crippen LogP contribution in [0.2, 0.25) is 0 Å². The molecule has 1 amide bonds. The van der Waals surface area contributed by atoms with Crippen molar-refractivity contribution in [2.45, 2.75) is 38.0 Å². The molecule has 1 rings (SSSR count). The number of carbonyl (C=O) groups is 1. The lowest BCUT2D eigenvalue weighted by atomic mass is 9.86. The molecule has 0 aromatic carbocycles. The molecule has 0 radical (unpaired) electrons. The predicted octanol–water partition coefficient (Wildman–Crippen LogP) is 1.88. The second-order valence-corrected chi connectivity index (χ2v) is 4.85. The molecule has 1 aliphatic rings. The van der Waals surface area contributed by atoms with Crippen LogP contribution in [0.3, 0.4) is 0 Å². The smallest absolute Gasteiger partial charge is 0.248 e. The minimum Gasteiger partial charge on any atom is -0.345 e. The van der Waals surface area contributed by atoms with E-state index in [1.807, 2.05) is 7.05 Å². The molecule has 0 aliphatic heterocycles. The maximum absolute atomic E-state index is 13.0. The summed E-state index contributed by atoms with van der Waals surface area (Å²) in [6.07, 6.45) is 1.24. The van der Waals surface area contributed by atoms with E-state index in [-0.39, 0.29) is 24.7 Å². The third kappa shape index (κ3) is 4.58. The number of nitrogens with zero attached hydrogens (tertiary/aromatic N) is 1. The van der Waals surface area contributed by atoms with E-state index in [1.165, 1.54) is 0 Å². The molecule has 5 heteroatoms. The van der Waals surface area contributed by atoms with E-state index in [9.17, 15) is 13.6 Å². The SMILES string of the molecule is CNCCCN(C)C(=O)C1CCC(F)(F)CC1. The van der Waals surface area contributed by atoms with Gasteiger partial charge in [-0.2, -0.15) is 0 Å². The Morgan fingerprint density at radius 1 is 1.41 bits per heavy atom. The van der Waals surface area contributed by atoms with E-state index in [0.29, 0.717) is 19.4 Å². The molecular formula is C12H22F2N2O. The Kier molecular flexibility index (Phi) is 5.31. The Labute approximate surface area is 102 Å². The van der Waals surface area contributed by atoms with Gasteiger partial charge in [0.05, 0.1) is 0 Å². The number of alkyl halides is 2. The van der Waals surface area contributed by atoms with Gasteiger partial charge in [0.25, 0.3) is 0 Å². The van der Waals surface area contributed by atoms with Crippen LogP contribution in [-0.4, -0.2) is 43.9 Å². The van der Waals surface area contributed by atoms with Gasteiger partial charge in [0.2, 0.25) is 11.8 Å². The van der Waals surface area contributed by atoms with Gasteiger partial charge in [-0.05, 0) is 32.9 Å². The zero-order chi connectivity index (χ0) is 12.9. The van der Waals surface area contributed by atoms with Gasteiger partial charge < -0.3 is 10.2 Å². The van der Waals surface area contributed by atoms with Gasteiger partial charge in [-0.3, -0.25) is 4.79 Å². The summed E-state index contributed by atoms with van der Waals surface area (Å²) in [4.78, 5) is 13.6. The van der Waals surface area contributed by atoms with Crippen molar-refractivity contribution in [2.75, 3.05) is 27.2 Å². The van der Waals surface area contributed by atoms with E-state index < -0.39 is 5.92 Å². The first-order valence-electron chi connectivity index (χ1n) is 6.23. The summed E-state index contributed by atoms with van der Waals surface area (Å²) in [6, 6.07) is 0. The monoisotopic (exact) mass is 248 g/mol. The average Bonchev–Trinajstić information content (AvgIpc) is 2.28. The summed E-state index contributed by atoms with van der Waals surface area (Å²) >= 11 is 0. The first kappa shape index (κ1) is 14.4. The summed E-state index contributed by atoms with van der Waals surface area (Å²) in [7, 11) is 3.62. The maximum atomic E-state index is 13.0. The Hall–Kier alpha value is -0.710. The molecule has 17 heavy (non-hydrogen) atoms. The molecule has 0 spiro atoms. The van der Waals surface area contributed by atoms with Gasteiger partial charge in [-0.25, -0.2) is 8.78 Å². The van der Waals surface area contributed by atoms with Crippen molar-refractivity contribution in [3.63, 3.8) is 0 Å². The highest BCUT2D eigenvalue weighted by Crippen LogP contribution is 2.36. The molecule has 0 bridgehead atoms. The molecule has 0 heterocycles. The predicted molar refractivity (Wildman–Crippen MR) is 63.1 cm³/mol. The summed E-state index contributed by atoms with van der Waals surface area (Å²) in [5, 5.41) is 3.02. The lowest BCUT2D eigenvalue weighted by molar-refractivity contribution is -0.138. The van der Waals surface area contributed by atoms with Crippen LogP contribution >= 0.6 is 0 Å². The topological polar surface area (TPSA) is 32.3 Å². The van der Waals surface area contributed by atoms with Gasteiger partial charge in [0, 0.05) is 32.4 Å². The molecule has 1 fully saturated rings. The Morgan fingerprint density at radius 3 is 2.53 bits per heavy atom. The molecule has 0 aromatic heterocycles. The van der Waals surface area contributed by atoms with E-state index >= 15 is 0 Å². The van der Waals surface area contributed by atoms with Crippen LogP contribution in [0.1, 0.15) is 32.1 Å². The number of halogens is 2. The minimum absolute atomic E-state index is 0.0246. The van der Waals surface area contributed by atoms with Crippen molar-refractivity contribution in [3.8, 4) is 0 Å².